The van der Waals surface area contributed by atoms with Crippen LogP contribution in [0.1, 0.15) is 29.8 Å². The van der Waals surface area contributed by atoms with E-state index < -0.39 is 11.8 Å². The molecule has 1 aromatic carbocycles. The minimum Gasteiger partial charge on any atom is -0.345 e. The summed E-state index contributed by atoms with van der Waals surface area (Å²) in [5.41, 5.74) is 5.67. The van der Waals surface area contributed by atoms with Gasteiger partial charge in [0.15, 0.2) is 0 Å². The van der Waals surface area contributed by atoms with Crippen molar-refractivity contribution < 1.29 is 14.4 Å². The van der Waals surface area contributed by atoms with E-state index in [0.717, 1.165) is 4.47 Å². The minimum atomic E-state index is -0.483. The Kier molecular flexibility index (Phi) is 7.77. The number of hydrazine groups is 1. The number of nitriles is 1. The lowest BCUT2D eigenvalue weighted by Gasteiger charge is -2.21. The Morgan fingerprint density at radius 2 is 1.89 bits per heavy atom. The second-order valence-corrected chi connectivity index (χ2v) is 6.86. The summed E-state index contributed by atoms with van der Waals surface area (Å²) in [6.07, 6.45) is 1.77. The Morgan fingerprint density at radius 1 is 1.18 bits per heavy atom. The maximum Gasteiger partial charge on any atom is 0.286 e. The summed E-state index contributed by atoms with van der Waals surface area (Å²) in [5.74, 6) is -1.22. The molecule has 0 bridgehead atoms. The van der Waals surface area contributed by atoms with E-state index in [4.69, 9.17) is 5.26 Å². The van der Waals surface area contributed by atoms with Gasteiger partial charge in [-0.05, 0) is 34.1 Å². The first-order valence-corrected chi connectivity index (χ1v) is 9.35. The minimum absolute atomic E-state index is 0.0439. The molecule has 9 heteroatoms. The van der Waals surface area contributed by atoms with Crippen molar-refractivity contribution in [2.45, 2.75) is 19.3 Å². The van der Waals surface area contributed by atoms with Gasteiger partial charge in [0.05, 0.1) is 12.5 Å². The summed E-state index contributed by atoms with van der Waals surface area (Å²) < 4.78 is 2.36. The predicted octanol–water partition coefficient (Wildman–Crippen LogP) is 2.28. The molecule has 1 heterocycles. The molecule has 2 N–H and O–H groups in total. The first-order valence-electron chi connectivity index (χ1n) is 8.55. The van der Waals surface area contributed by atoms with Crippen LogP contribution in [-0.2, 0) is 16.6 Å². The van der Waals surface area contributed by atoms with Crippen molar-refractivity contribution in [2.24, 2.45) is 7.05 Å². The van der Waals surface area contributed by atoms with Crippen LogP contribution < -0.4 is 15.8 Å². The van der Waals surface area contributed by atoms with Crippen LogP contribution in [0.3, 0.4) is 0 Å². The quantitative estimate of drug-likeness (QED) is 0.637. The number of amides is 3. The van der Waals surface area contributed by atoms with Gasteiger partial charge in [-0.1, -0.05) is 18.2 Å². The number of hydrogen-bond donors (Lipinski definition) is 2. The Balaban J connectivity index is 1.86. The molecule has 1 aromatic heterocycles. The van der Waals surface area contributed by atoms with Crippen molar-refractivity contribution in [3.8, 4) is 6.07 Å². The maximum atomic E-state index is 12.5. The number of para-hydroxylation sites is 1. The zero-order chi connectivity index (χ0) is 20.5. The average molecular weight is 446 g/mol. The standard InChI is InChI=1S/C19H20BrN5O3/c1-24-13-14(20)12-16(24)19(28)23-22-17(26)8-9-18(27)25(11-5-10-21)15-6-3-2-4-7-15/h2-4,6-7,12-13H,5,8-9,11H2,1H3,(H,22,26)(H,23,28). The van der Waals surface area contributed by atoms with Gasteiger partial charge in [-0.2, -0.15) is 5.26 Å². The molecule has 146 valence electrons. The summed E-state index contributed by atoms with van der Waals surface area (Å²) in [4.78, 5) is 38.0. The van der Waals surface area contributed by atoms with Gasteiger partial charge in [0.1, 0.15) is 5.69 Å². The zero-order valence-electron chi connectivity index (χ0n) is 15.3. The summed E-state index contributed by atoms with van der Waals surface area (Å²) >= 11 is 3.27. The van der Waals surface area contributed by atoms with E-state index in [2.05, 4.69) is 26.8 Å². The number of aromatic nitrogens is 1. The molecule has 0 aliphatic rings. The topological polar surface area (TPSA) is 107 Å². The molecule has 0 radical (unpaired) electrons. The van der Waals surface area contributed by atoms with Gasteiger partial charge >= 0.3 is 0 Å². The third kappa shape index (κ3) is 5.96. The molecule has 0 aliphatic carbocycles. The molecule has 0 unspecified atom stereocenters. The molecule has 2 aromatic rings. The lowest BCUT2D eigenvalue weighted by Crippen LogP contribution is -2.42. The zero-order valence-corrected chi connectivity index (χ0v) is 16.9. The normalized spacial score (nSPS) is 10.0. The van der Waals surface area contributed by atoms with E-state index in [1.807, 2.05) is 12.1 Å². The Morgan fingerprint density at radius 3 is 2.50 bits per heavy atom. The molecular formula is C19H20BrN5O3. The van der Waals surface area contributed by atoms with Crippen LogP contribution >= 0.6 is 15.9 Å². The highest BCUT2D eigenvalue weighted by Crippen LogP contribution is 2.16. The number of hydrogen-bond acceptors (Lipinski definition) is 4. The molecule has 3 amide bonds. The van der Waals surface area contributed by atoms with Gasteiger partial charge in [0.2, 0.25) is 11.8 Å². The SMILES string of the molecule is Cn1cc(Br)cc1C(=O)NNC(=O)CCC(=O)N(CCC#N)c1ccccc1. The van der Waals surface area contributed by atoms with E-state index in [-0.39, 0.29) is 31.7 Å². The number of carbonyl (C=O) groups excluding carboxylic acids is 3. The molecule has 0 spiro atoms. The van der Waals surface area contributed by atoms with Crippen molar-refractivity contribution in [1.29, 1.82) is 5.26 Å². The molecule has 0 fully saturated rings. The number of anilines is 1. The van der Waals surface area contributed by atoms with Crippen LogP contribution in [0.25, 0.3) is 0 Å². The molecule has 0 saturated carbocycles. The van der Waals surface area contributed by atoms with Crippen molar-refractivity contribution in [1.82, 2.24) is 15.4 Å². The van der Waals surface area contributed by atoms with Crippen molar-refractivity contribution in [3.63, 3.8) is 0 Å². The molecule has 2 rings (SSSR count). The average Bonchev–Trinajstić information content (AvgIpc) is 3.03. The highest BCUT2D eigenvalue weighted by Gasteiger charge is 2.17. The fourth-order valence-electron chi connectivity index (χ4n) is 2.53. The largest absolute Gasteiger partial charge is 0.345 e. The van der Waals surface area contributed by atoms with E-state index in [1.165, 1.54) is 4.90 Å². The molecular weight excluding hydrogens is 426 g/mol. The van der Waals surface area contributed by atoms with Crippen molar-refractivity contribution in [3.05, 3.63) is 52.8 Å². The first kappa shape index (κ1) is 21.2. The van der Waals surface area contributed by atoms with Crippen LogP contribution in [0, 0.1) is 11.3 Å². The van der Waals surface area contributed by atoms with Gasteiger partial charge < -0.3 is 9.47 Å². The first-order chi connectivity index (χ1) is 13.4. The second kappa shape index (κ2) is 10.3. The fourth-order valence-corrected chi connectivity index (χ4v) is 3.05. The summed E-state index contributed by atoms with van der Waals surface area (Å²) in [6, 6.07) is 12.6. The number of nitrogens with zero attached hydrogens (tertiary/aromatic N) is 3. The summed E-state index contributed by atoms with van der Waals surface area (Å²) in [7, 11) is 1.71. The third-order valence-corrected chi connectivity index (χ3v) is 4.34. The van der Waals surface area contributed by atoms with Gasteiger partial charge in [0, 0.05) is 42.8 Å². The monoisotopic (exact) mass is 445 g/mol. The molecule has 28 heavy (non-hydrogen) atoms. The number of halogens is 1. The van der Waals surface area contributed by atoms with E-state index in [0.29, 0.717) is 11.4 Å². The lowest BCUT2D eigenvalue weighted by atomic mass is 10.2. The van der Waals surface area contributed by atoms with Crippen LogP contribution in [0.2, 0.25) is 0 Å². The third-order valence-electron chi connectivity index (χ3n) is 3.90. The van der Waals surface area contributed by atoms with Gasteiger partial charge in [-0.15, -0.1) is 0 Å². The van der Waals surface area contributed by atoms with Gasteiger partial charge in [0.25, 0.3) is 5.91 Å². The highest BCUT2D eigenvalue weighted by atomic mass is 79.9. The highest BCUT2D eigenvalue weighted by molar-refractivity contribution is 9.10. The smallest absolute Gasteiger partial charge is 0.286 e. The Bertz CT molecular complexity index is 889. The van der Waals surface area contributed by atoms with Gasteiger partial charge in [-0.3, -0.25) is 25.2 Å². The molecule has 8 nitrogen and oxygen atoms in total. The number of rotatable bonds is 7. The summed E-state index contributed by atoms with van der Waals surface area (Å²) in [6.45, 7) is 0.250. The molecule has 0 atom stereocenters. The van der Waals surface area contributed by atoms with Crippen molar-refractivity contribution >= 4 is 39.3 Å². The van der Waals surface area contributed by atoms with Crippen LogP contribution in [0.4, 0.5) is 5.69 Å². The molecule has 0 saturated heterocycles. The Labute approximate surface area is 171 Å². The predicted molar refractivity (Wildman–Crippen MR) is 107 cm³/mol. The lowest BCUT2D eigenvalue weighted by molar-refractivity contribution is -0.125. The molecule has 0 aliphatic heterocycles. The van der Waals surface area contributed by atoms with Crippen LogP contribution in [-0.4, -0.2) is 28.8 Å². The number of carbonyl (C=O) groups is 3. The number of benzene rings is 1. The number of aryl methyl sites for hydroxylation is 1. The second-order valence-electron chi connectivity index (χ2n) is 5.95. The summed E-state index contributed by atoms with van der Waals surface area (Å²) in [5, 5.41) is 8.80. The van der Waals surface area contributed by atoms with Crippen LogP contribution in [0.15, 0.2) is 47.1 Å². The van der Waals surface area contributed by atoms with Gasteiger partial charge in [-0.25, -0.2) is 0 Å². The number of nitrogens with one attached hydrogen (secondary N) is 2. The van der Waals surface area contributed by atoms with E-state index >= 15 is 0 Å². The Hall–Kier alpha value is -3.12. The van der Waals surface area contributed by atoms with E-state index in [1.54, 1.807) is 48.1 Å². The van der Waals surface area contributed by atoms with Crippen LogP contribution in [0.5, 0.6) is 0 Å². The van der Waals surface area contributed by atoms with E-state index in [9.17, 15) is 14.4 Å². The fraction of sp³-hybridized carbons (Fsp3) is 0.263. The maximum absolute atomic E-state index is 12.5. The van der Waals surface area contributed by atoms with Crippen molar-refractivity contribution in [2.75, 3.05) is 11.4 Å².